The van der Waals surface area contributed by atoms with Crippen molar-refractivity contribution in [1.82, 2.24) is 19.8 Å². The molecule has 2 fully saturated rings. The van der Waals surface area contributed by atoms with Gasteiger partial charge in [0, 0.05) is 40.5 Å². The monoisotopic (exact) mass is 625 g/mol. The maximum absolute atomic E-state index is 14.0. The van der Waals surface area contributed by atoms with E-state index in [0.29, 0.717) is 40.6 Å². The fourth-order valence-electron chi connectivity index (χ4n) is 6.49. The van der Waals surface area contributed by atoms with Gasteiger partial charge in [-0.2, -0.15) is 0 Å². The molecule has 10 heteroatoms. The Morgan fingerprint density at radius 2 is 1.79 bits per heavy atom. The molecule has 1 N–H and O–H groups in total. The number of sulfone groups is 1. The minimum Gasteiger partial charge on any atom is -0.358 e. The van der Waals surface area contributed by atoms with Crippen LogP contribution < -0.4 is 5.32 Å². The van der Waals surface area contributed by atoms with E-state index in [4.69, 9.17) is 21.6 Å². The highest BCUT2D eigenvalue weighted by Crippen LogP contribution is 2.37. The fraction of sp³-hybridized carbons (Fsp3) is 0.545. The van der Waals surface area contributed by atoms with Gasteiger partial charge in [-0.05, 0) is 82.8 Å². The Labute approximate surface area is 261 Å². The van der Waals surface area contributed by atoms with Crippen molar-refractivity contribution in [2.45, 2.75) is 94.8 Å². The first kappa shape index (κ1) is 31.7. The van der Waals surface area contributed by atoms with Crippen molar-refractivity contribution in [3.05, 3.63) is 59.4 Å². The Morgan fingerprint density at radius 1 is 1.07 bits per heavy atom. The van der Waals surface area contributed by atoms with Gasteiger partial charge in [0.15, 0.2) is 9.84 Å². The molecule has 2 aromatic carbocycles. The third kappa shape index (κ3) is 6.84. The molecule has 1 aliphatic heterocycles. The maximum atomic E-state index is 14.0. The van der Waals surface area contributed by atoms with Crippen LogP contribution in [0.25, 0.3) is 10.9 Å². The first-order chi connectivity index (χ1) is 20.2. The lowest BCUT2D eigenvalue weighted by atomic mass is 9.81. The number of nitrogens with one attached hydrogen (secondary N) is 1. The minimum absolute atomic E-state index is 0.00567. The van der Waals surface area contributed by atoms with Crippen LogP contribution in [0.15, 0.2) is 53.4 Å². The number of aromatic nitrogens is 2. The lowest BCUT2D eigenvalue weighted by molar-refractivity contribution is -0.132. The molecule has 0 radical (unpaired) electrons. The Balaban J connectivity index is 1.41. The smallest absolute Gasteiger partial charge is 0.245 e. The Bertz CT molecular complexity index is 1570. The molecule has 2 heterocycles. The summed E-state index contributed by atoms with van der Waals surface area (Å²) in [4.78, 5) is 28.3. The summed E-state index contributed by atoms with van der Waals surface area (Å²) in [7, 11) is -1.41. The number of carbonyl (C=O) groups is 1. The highest BCUT2D eigenvalue weighted by molar-refractivity contribution is 7.91. The second-order valence-corrected chi connectivity index (χ2v) is 15.9. The summed E-state index contributed by atoms with van der Waals surface area (Å²) in [6.07, 6.45) is 3.04. The molecule has 1 saturated heterocycles. The first-order valence-electron chi connectivity index (χ1n) is 15.3. The van der Waals surface area contributed by atoms with E-state index in [2.05, 4.69) is 51.9 Å². The van der Waals surface area contributed by atoms with Crippen LogP contribution in [0.1, 0.15) is 66.1 Å². The third-order valence-corrected chi connectivity index (χ3v) is 11.2. The number of likely N-dealkylation sites (tertiary alicyclic amines) is 1. The quantitative estimate of drug-likeness (QED) is 0.331. The molecule has 2 aliphatic rings. The molecule has 232 valence electrons. The van der Waals surface area contributed by atoms with Crippen LogP contribution in [-0.2, 0) is 20.0 Å². The van der Waals surface area contributed by atoms with Gasteiger partial charge in [0.05, 0.1) is 16.2 Å². The van der Waals surface area contributed by atoms with Crippen LogP contribution >= 0.6 is 11.6 Å². The van der Waals surface area contributed by atoms with E-state index in [-0.39, 0.29) is 35.1 Å². The molecule has 4 atom stereocenters. The largest absolute Gasteiger partial charge is 0.358 e. The third-order valence-electron chi connectivity index (χ3n) is 9.12. The van der Waals surface area contributed by atoms with E-state index in [1.807, 2.05) is 29.2 Å². The Kier molecular flexibility index (Phi) is 9.08. The molecule has 1 aliphatic carbocycles. The van der Waals surface area contributed by atoms with Gasteiger partial charge in [-0.15, -0.1) is 0 Å². The topological polar surface area (TPSA) is 95.5 Å². The van der Waals surface area contributed by atoms with E-state index in [1.165, 1.54) is 0 Å². The number of rotatable bonds is 8. The average molecular weight is 626 g/mol. The lowest BCUT2D eigenvalue weighted by Crippen LogP contribution is -2.52. The number of amides is 1. The van der Waals surface area contributed by atoms with Crippen molar-refractivity contribution in [2.75, 3.05) is 24.7 Å². The lowest BCUT2D eigenvalue weighted by Gasteiger charge is -2.44. The molecule has 0 bridgehead atoms. The highest BCUT2D eigenvalue weighted by Gasteiger charge is 2.44. The number of anilines is 1. The maximum Gasteiger partial charge on any atom is 0.245 e. The summed E-state index contributed by atoms with van der Waals surface area (Å²) in [6.45, 7) is 11.1. The minimum atomic E-state index is -3.52. The Hall–Kier alpha value is -2.75. The zero-order valence-corrected chi connectivity index (χ0v) is 27.6. The van der Waals surface area contributed by atoms with Crippen molar-refractivity contribution in [1.29, 1.82) is 0 Å². The predicted octanol–water partition coefficient (Wildman–Crippen LogP) is 5.94. The number of nitrogens with zero attached hydrogens (tertiary/aromatic N) is 4. The van der Waals surface area contributed by atoms with Crippen molar-refractivity contribution < 1.29 is 13.2 Å². The van der Waals surface area contributed by atoms with Gasteiger partial charge in [0.25, 0.3) is 0 Å². The molecule has 3 aromatic rings. The van der Waals surface area contributed by atoms with E-state index >= 15 is 0 Å². The van der Waals surface area contributed by atoms with Crippen LogP contribution in [0.2, 0.25) is 5.02 Å². The van der Waals surface area contributed by atoms with Gasteiger partial charge >= 0.3 is 0 Å². The standard InChI is InChI=1S/C33H44ClN5O3S/c1-21(2)38(6)24-13-15-29(22(18-24)20-43(41,42)25-10-8-7-9-11-25)39-17-16-28(31(39)40)35-30-26-19-23(34)12-14-27(26)36-32(37-30)33(3,4)5/h7-12,14,19,21-22,24,28-29H,13,15-18,20H2,1-6H3,(H,35,36,37)/t22-,24-,28+,29+/m1/s1. The second kappa shape index (κ2) is 12.3. The molecule has 1 aromatic heterocycles. The number of carbonyl (C=O) groups excluding carboxylic acids is 1. The van der Waals surface area contributed by atoms with E-state index in [9.17, 15) is 13.2 Å². The van der Waals surface area contributed by atoms with Gasteiger partial charge in [-0.25, -0.2) is 18.4 Å². The molecule has 1 saturated carbocycles. The number of benzene rings is 2. The van der Waals surface area contributed by atoms with Crippen LogP contribution in [0.5, 0.6) is 0 Å². The number of hydrogen-bond donors (Lipinski definition) is 1. The number of halogens is 1. The summed E-state index contributed by atoms with van der Waals surface area (Å²) < 4.78 is 27.1. The summed E-state index contributed by atoms with van der Waals surface area (Å²) >= 11 is 6.35. The zero-order valence-electron chi connectivity index (χ0n) is 26.0. The van der Waals surface area contributed by atoms with E-state index in [0.717, 1.165) is 30.2 Å². The second-order valence-electron chi connectivity index (χ2n) is 13.5. The SMILES string of the molecule is CC(C)N(C)[C@@H]1CC[C@H](N2CC[C@H](Nc3nc(C(C)(C)C)nc4ccc(Cl)cc34)C2=O)[C@@H](CS(=O)(=O)c2ccccc2)C1. The molecule has 0 unspecified atom stereocenters. The molecular weight excluding hydrogens is 582 g/mol. The normalized spacial score (nSPS) is 23.5. The average Bonchev–Trinajstić information content (AvgIpc) is 3.31. The number of hydrogen-bond acceptors (Lipinski definition) is 7. The van der Waals surface area contributed by atoms with Gasteiger partial charge in [0.1, 0.15) is 17.7 Å². The summed E-state index contributed by atoms with van der Waals surface area (Å²) in [5.74, 6) is 1.14. The van der Waals surface area contributed by atoms with Gasteiger partial charge < -0.3 is 15.1 Å². The summed E-state index contributed by atoms with van der Waals surface area (Å²) in [6, 6.07) is 14.2. The summed E-state index contributed by atoms with van der Waals surface area (Å²) in [5, 5.41) is 4.80. The van der Waals surface area contributed by atoms with E-state index < -0.39 is 15.9 Å². The van der Waals surface area contributed by atoms with Crippen molar-refractivity contribution in [2.24, 2.45) is 5.92 Å². The molecule has 8 nitrogen and oxygen atoms in total. The molecular formula is C33H44ClN5O3S. The zero-order chi connectivity index (χ0) is 31.1. The number of fused-ring (bicyclic) bond motifs is 1. The predicted molar refractivity (Wildman–Crippen MR) is 173 cm³/mol. The van der Waals surface area contributed by atoms with Crippen LogP contribution in [0.3, 0.4) is 0 Å². The molecule has 1 amide bonds. The van der Waals surface area contributed by atoms with Gasteiger partial charge in [0.2, 0.25) is 5.91 Å². The summed E-state index contributed by atoms with van der Waals surface area (Å²) in [5.41, 5.74) is 0.489. The van der Waals surface area contributed by atoms with Gasteiger partial charge in [-0.1, -0.05) is 50.6 Å². The van der Waals surface area contributed by atoms with Crippen LogP contribution in [-0.4, -0.2) is 77.6 Å². The van der Waals surface area contributed by atoms with Crippen LogP contribution in [0.4, 0.5) is 5.82 Å². The van der Waals surface area contributed by atoms with Gasteiger partial charge in [-0.3, -0.25) is 4.79 Å². The van der Waals surface area contributed by atoms with Crippen molar-refractivity contribution in [3.63, 3.8) is 0 Å². The first-order valence-corrected chi connectivity index (χ1v) is 17.3. The van der Waals surface area contributed by atoms with Crippen LogP contribution in [0, 0.1) is 5.92 Å². The molecule has 43 heavy (non-hydrogen) atoms. The van der Waals surface area contributed by atoms with E-state index in [1.54, 1.807) is 24.3 Å². The van der Waals surface area contributed by atoms with Crippen molar-refractivity contribution in [3.8, 4) is 0 Å². The Morgan fingerprint density at radius 3 is 2.47 bits per heavy atom. The fourth-order valence-corrected chi connectivity index (χ4v) is 8.34. The highest BCUT2D eigenvalue weighted by atomic mass is 35.5. The molecule has 5 rings (SSSR count). The molecule has 0 spiro atoms. The van der Waals surface area contributed by atoms with Crippen molar-refractivity contribution >= 4 is 44.1 Å².